The van der Waals surface area contributed by atoms with Gasteiger partial charge in [-0.3, -0.25) is 4.98 Å². The topological polar surface area (TPSA) is 61.2 Å². The maximum Gasteiger partial charge on any atom is 0.103 e. The second-order valence-corrected chi connectivity index (χ2v) is 4.90. The Morgan fingerprint density at radius 3 is 2.90 bits per heavy atom. The minimum atomic E-state index is 0.577. The van der Waals surface area contributed by atoms with Crippen LogP contribution in [0.5, 0.6) is 0 Å². The molecule has 1 heterocycles. The number of anilines is 1. The molecule has 2 rings (SSSR count). The van der Waals surface area contributed by atoms with Crippen molar-refractivity contribution < 1.29 is 4.74 Å². The molecule has 5 heteroatoms. The van der Waals surface area contributed by atoms with Gasteiger partial charge in [0.15, 0.2) is 0 Å². The number of nitrogens with one attached hydrogen (secondary N) is 1. The molecule has 0 atom stereocenters. The van der Waals surface area contributed by atoms with Gasteiger partial charge in [0.25, 0.3) is 0 Å². The Labute approximate surface area is 125 Å². The molecule has 0 radical (unpaired) electrons. The van der Waals surface area contributed by atoms with E-state index in [0.29, 0.717) is 5.56 Å². The largest absolute Gasteiger partial charge is 0.383 e. The summed E-state index contributed by atoms with van der Waals surface area (Å²) in [4.78, 5) is 6.49. The van der Waals surface area contributed by atoms with Gasteiger partial charge in [0.05, 0.1) is 23.4 Å². The van der Waals surface area contributed by atoms with Crippen molar-refractivity contribution in [3.05, 3.63) is 36.0 Å². The molecule has 21 heavy (non-hydrogen) atoms. The van der Waals surface area contributed by atoms with Gasteiger partial charge in [-0.2, -0.15) is 5.26 Å². The van der Waals surface area contributed by atoms with Gasteiger partial charge in [0.2, 0.25) is 0 Å². The summed E-state index contributed by atoms with van der Waals surface area (Å²) in [5, 5.41) is 13.6. The van der Waals surface area contributed by atoms with Crippen LogP contribution < -0.4 is 5.32 Å². The average molecular weight is 284 g/mol. The fourth-order valence-corrected chi connectivity index (χ4v) is 2.15. The minimum Gasteiger partial charge on any atom is -0.383 e. The number of fused-ring (bicyclic) bond motifs is 1. The highest BCUT2D eigenvalue weighted by atomic mass is 16.5. The summed E-state index contributed by atoms with van der Waals surface area (Å²) in [6.45, 7) is 3.26. The molecule has 0 aliphatic rings. The van der Waals surface area contributed by atoms with Crippen LogP contribution in [0.3, 0.4) is 0 Å². The van der Waals surface area contributed by atoms with Crippen LogP contribution in [-0.2, 0) is 4.74 Å². The highest BCUT2D eigenvalue weighted by Crippen LogP contribution is 2.24. The van der Waals surface area contributed by atoms with Gasteiger partial charge in [-0.05, 0) is 13.1 Å². The first-order chi connectivity index (χ1) is 10.3. The Balaban J connectivity index is 2.09. The quantitative estimate of drug-likeness (QED) is 0.843. The molecule has 2 aromatic rings. The second-order valence-electron chi connectivity index (χ2n) is 4.90. The van der Waals surface area contributed by atoms with E-state index in [9.17, 15) is 5.26 Å². The summed E-state index contributed by atoms with van der Waals surface area (Å²) in [5.74, 6) is 0. The van der Waals surface area contributed by atoms with Crippen LogP contribution >= 0.6 is 0 Å². The van der Waals surface area contributed by atoms with Crippen molar-refractivity contribution in [2.45, 2.75) is 0 Å². The number of nitrogens with zero attached hydrogens (tertiary/aromatic N) is 3. The summed E-state index contributed by atoms with van der Waals surface area (Å²) in [6, 6.07) is 10.0. The molecular weight excluding hydrogens is 264 g/mol. The number of hydrogen-bond donors (Lipinski definition) is 1. The van der Waals surface area contributed by atoms with Crippen molar-refractivity contribution in [2.75, 3.05) is 45.7 Å². The normalized spacial score (nSPS) is 10.8. The molecule has 0 aliphatic heterocycles. The first kappa shape index (κ1) is 15.2. The number of hydrogen-bond acceptors (Lipinski definition) is 5. The summed E-state index contributed by atoms with van der Waals surface area (Å²) in [5.41, 5.74) is 2.34. The molecular formula is C16H20N4O. The standard InChI is InChI=1S/C16H20N4O/c1-20(9-10-21-2)8-7-18-16-13(11-17)12-19-15-6-4-3-5-14(15)16/h3-6,12H,7-10H2,1-2H3,(H,18,19). The van der Waals surface area contributed by atoms with Crippen LogP contribution in [0, 0.1) is 11.3 Å². The Morgan fingerprint density at radius 2 is 2.14 bits per heavy atom. The second kappa shape index (κ2) is 7.58. The molecule has 5 nitrogen and oxygen atoms in total. The zero-order valence-electron chi connectivity index (χ0n) is 12.5. The molecule has 110 valence electrons. The van der Waals surface area contributed by atoms with Crippen LogP contribution in [0.4, 0.5) is 5.69 Å². The van der Waals surface area contributed by atoms with E-state index in [0.717, 1.165) is 42.8 Å². The number of nitriles is 1. The molecule has 0 saturated heterocycles. The van der Waals surface area contributed by atoms with Gasteiger partial charge >= 0.3 is 0 Å². The third-order valence-electron chi connectivity index (χ3n) is 3.37. The van der Waals surface area contributed by atoms with Gasteiger partial charge < -0.3 is 15.0 Å². The molecule has 1 aromatic heterocycles. The highest BCUT2D eigenvalue weighted by Gasteiger charge is 2.08. The van der Waals surface area contributed by atoms with Crippen molar-refractivity contribution in [1.29, 1.82) is 5.26 Å². The van der Waals surface area contributed by atoms with Gasteiger partial charge in [0, 0.05) is 38.3 Å². The number of benzene rings is 1. The molecule has 0 spiro atoms. The van der Waals surface area contributed by atoms with Crippen molar-refractivity contribution in [3.8, 4) is 6.07 Å². The van der Waals surface area contributed by atoms with Gasteiger partial charge in [-0.25, -0.2) is 0 Å². The third kappa shape index (κ3) is 3.91. The zero-order chi connectivity index (χ0) is 15.1. The Hall–Kier alpha value is -2.16. The number of ether oxygens (including phenoxy) is 1. The number of para-hydroxylation sites is 1. The first-order valence-corrected chi connectivity index (χ1v) is 6.95. The lowest BCUT2D eigenvalue weighted by Crippen LogP contribution is -2.28. The van der Waals surface area contributed by atoms with Crippen molar-refractivity contribution in [1.82, 2.24) is 9.88 Å². The molecule has 1 aromatic carbocycles. The third-order valence-corrected chi connectivity index (χ3v) is 3.37. The Morgan fingerprint density at radius 1 is 1.33 bits per heavy atom. The van der Waals surface area contributed by atoms with E-state index in [-0.39, 0.29) is 0 Å². The van der Waals surface area contributed by atoms with Crippen LogP contribution in [0.2, 0.25) is 0 Å². The molecule has 0 unspecified atom stereocenters. The lowest BCUT2D eigenvalue weighted by Gasteiger charge is -2.17. The Bertz CT molecular complexity index is 636. The maximum absolute atomic E-state index is 9.25. The SMILES string of the molecule is COCCN(C)CCNc1c(C#N)cnc2ccccc12. The van der Waals surface area contributed by atoms with Crippen LogP contribution in [-0.4, -0.2) is 50.3 Å². The fourth-order valence-electron chi connectivity index (χ4n) is 2.15. The number of pyridine rings is 1. The van der Waals surface area contributed by atoms with Crippen LogP contribution in [0.25, 0.3) is 10.9 Å². The lowest BCUT2D eigenvalue weighted by molar-refractivity contribution is 0.163. The number of methoxy groups -OCH3 is 1. The average Bonchev–Trinajstić information content (AvgIpc) is 2.53. The number of rotatable bonds is 7. The minimum absolute atomic E-state index is 0.577. The summed E-state index contributed by atoms with van der Waals surface area (Å²) in [7, 11) is 3.75. The van der Waals surface area contributed by atoms with Crippen molar-refractivity contribution >= 4 is 16.6 Å². The van der Waals surface area contributed by atoms with E-state index in [1.165, 1.54) is 0 Å². The fraction of sp³-hybridized carbons (Fsp3) is 0.375. The molecule has 0 aliphatic carbocycles. The van der Waals surface area contributed by atoms with E-state index >= 15 is 0 Å². The highest BCUT2D eigenvalue weighted by molar-refractivity contribution is 5.93. The van der Waals surface area contributed by atoms with E-state index in [4.69, 9.17) is 4.74 Å². The van der Waals surface area contributed by atoms with E-state index in [1.807, 2.05) is 24.3 Å². The number of aromatic nitrogens is 1. The van der Waals surface area contributed by atoms with Gasteiger partial charge in [-0.1, -0.05) is 18.2 Å². The van der Waals surface area contributed by atoms with E-state index < -0.39 is 0 Å². The van der Waals surface area contributed by atoms with E-state index in [1.54, 1.807) is 13.3 Å². The van der Waals surface area contributed by atoms with Gasteiger partial charge in [-0.15, -0.1) is 0 Å². The maximum atomic E-state index is 9.25. The molecule has 1 N–H and O–H groups in total. The summed E-state index contributed by atoms with van der Waals surface area (Å²) in [6.07, 6.45) is 1.62. The van der Waals surface area contributed by atoms with Gasteiger partial charge in [0.1, 0.15) is 6.07 Å². The first-order valence-electron chi connectivity index (χ1n) is 6.95. The van der Waals surface area contributed by atoms with Crippen molar-refractivity contribution in [3.63, 3.8) is 0 Å². The lowest BCUT2D eigenvalue weighted by atomic mass is 10.1. The Kier molecular flexibility index (Phi) is 5.50. The zero-order valence-corrected chi connectivity index (χ0v) is 12.5. The van der Waals surface area contributed by atoms with Crippen molar-refractivity contribution in [2.24, 2.45) is 0 Å². The summed E-state index contributed by atoms with van der Waals surface area (Å²) < 4.78 is 5.06. The summed E-state index contributed by atoms with van der Waals surface area (Å²) >= 11 is 0. The number of likely N-dealkylation sites (N-methyl/N-ethyl adjacent to an activating group) is 1. The molecule has 0 bridgehead atoms. The van der Waals surface area contributed by atoms with Crippen LogP contribution in [0.15, 0.2) is 30.5 Å². The molecule has 0 saturated carbocycles. The van der Waals surface area contributed by atoms with E-state index in [2.05, 4.69) is 28.3 Å². The molecule has 0 fully saturated rings. The van der Waals surface area contributed by atoms with Crippen LogP contribution in [0.1, 0.15) is 5.56 Å². The predicted molar refractivity (Wildman–Crippen MR) is 84.3 cm³/mol. The monoisotopic (exact) mass is 284 g/mol. The smallest absolute Gasteiger partial charge is 0.103 e. The molecule has 0 amide bonds. The predicted octanol–water partition coefficient (Wildman–Crippen LogP) is 2.10.